The topological polar surface area (TPSA) is 76.3 Å². The summed E-state index contributed by atoms with van der Waals surface area (Å²) in [6.45, 7) is 8.62. The third-order valence-corrected chi connectivity index (χ3v) is 10.9. The standard InChI is InChI=1S/C52H36N6/c1-3-47(38-19-17-37(18-20-38)44-27-31-56-51-46(44)25-23-40-11-7-29-54-49(40)51)58-52(42-21-14-35-8-4-5-9-41(35)32-42)57-33(2)34-12-15-36(16-13-34)43-26-30-55-50-45(43)24-22-39-10-6-28-53-48(39)50/h3-4,6-8,10-32H,1-2,5,9H2. The fourth-order valence-electron chi connectivity index (χ4n) is 7.94. The summed E-state index contributed by atoms with van der Waals surface area (Å²) in [6.07, 6.45) is 15.5. The predicted octanol–water partition coefficient (Wildman–Crippen LogP) is 12.3. The Kier molecular flexibility index (Phi) is 8.84. The summed E-state index contributed by atoms with van der Waals surface area (Å²) in [6, 6.07) is 43.9. The van der Waals surface area contributed by atoms with Gasteiger partial charge in [0, 0.05) is 57.5 Å². The van der Waals surface area contributed by atoms with E-state index in [1.165, 1.54) is 11.1 Å². The minimum absolute atomic E-state index is 0.574. The van der Waals surface area contributed by atoms with E-state index >= 15 is 0 Å². The highest BCUT2D eigenvalue weighted by molar-refractivity contribution is 6.18. The summed E-state index contributed by atoms with van der Waals surface area (Å²) in [5.74, 6) is 0.574. The van der Waals surface area contributed by atoms with Gasteiger partial charge in [-0.25, -0.2) is 9.98 Å². The number of pyridine rings is 4. The number of benzene rings is 5. The summed E-state index contributed by atoms with van der Waals surface area (Å²) >= 11 is 0. The SMILES string of the molecule is C=CC(=NC(=NC(=C)c1ccc(-c2ccnc3c2ccc2cccnc23)cc1)c1ccc2c(c1)CCC=C2)c1ccc(-c2ccnc3c2ccc2cccnc23)cc1. The number of allylic oxidation sites excluding steroid dienone is 2. The highest BCUT2D eigenvalue weighted by Gasteiger charge is 2.14. The van der Waals surface area contributed by atoms with E-state index < -0.39 is 0 Å². The van der Waals surface area contributed by atoms with Crippen LogP contribution in [0.1, 0.15) is 34.2 Å². The van der Waals surface area contributed by atoms with Crippen molar-refractivity contribution in [3.8, 4) is 22.3 Å². The number of rotatable bonds is 7. The average molecular weight is 745 g/mol. The zero-order chi connectivity index (χ0) is 39.0. The van der Waals surface area contributed by atoms with Gasteiger partial charge >= 0.3 is 0 Å². The molecule has 5 aromatic carbocycles. The van der Waals surface area contributed by atoms with Crippen molar-refractivity contribution in [2.45, 2.75) is 12.8 Å². The maximum absolute atomic E-state index is 5.20. The molecule has 4 aromatic heterocycles. The van der Waals surface area contributed by atoms with Gasteiger partial charge in [-0.3, -0.25) is 19.9 Å². The summed E-state index contributed by atoms with van der Waals surface area (Å²) in [5, 5.41) is 4.25. The Bertz CT molecular complexity index is 3190. The first-order chi connectivity index (χ1) is 28.6. The van der Waals surface area contributed by atoms with Gasteiger partial charge in [-0.2, -0.15) is 0 Å². The lowest BCUT2D eigenvalue weighted by Gasteiger charge is -2.14. The van der Waals surface area contributed by atoms with Crippen molar-refractivity contribution in [1.29, 1.82) is 0 Å². The van der Waals surface area contributed by atoms with E-state index in [1.807, 2.05) is 36.9 Å². The van der Waals surface area contributed by atoms with E-state index in [9.17, 15) is 0 Å². The number of aliphatic imine (C=N–C) groups is 2. The van der Waals surface area contributed by atoms with Crippen LogP contribution in [0.5, 0.6) is 0 Å². The molecule has 0 amide bonds. The van der Waals surface area contributed by atoms with Crippen molar-refractivity contribution in [3.05, 3.63) is 205 Å². The van der Waals surface area contributed by atoms with Gasteiger partial charge in [0.25, 0.3) is 0 Å². The molecule has 58 heavy (non-hydrogen) atoms. The lowest BCUT2D eigenvalue weighted by atomic mass is 9.95. The maximum Gasteiger partial charge on any atom is 0.160 e. The Morgan fingerprint density at radius 3 is 1.72 bits per heavy atom. The third kappa shape index (κ3) is 6.36. The van der Waals surface area contributed by atoms with E-state index in [-0.39, 0.29) is 0 Å². The number of nitrogens with zero attached hydrogens (tertiary/aromatic N) is 6. The molecule has 6 heteroatoms. The van der Waals surface area contributed by atoms with E-state index in [2.05, 4.69) is 151 Å². The van der Waals surface area contributed by atoms with Gasteiger partial charge in [0.2, 0.25) is 0 Å². The van der Waals surface area contributed by atoms with Crippen LogP contribution in [0.2, 0.25) is 0 Å². The van der Waals surface area contributed by atoms with Gasteiger partial charge in [0.1, 0.15) is 0 Å². The molecule has 0 radical (unpaired) electrons. The smallest absolute Gasteiger partial charge is 0.160 e. The highest BCUT2D eigenvalue weighted by Crippen LogP contribution is 2.33. The van der Waals surface area contributed by atoms with Crippen LogP contribution in [0, 0.1) is 0 Å². The van der Waals surface area contributed by atoms with Gasteiger partial charge in [-0.05, 0) is 88.2 Å². The average Bonchev–Trinajstić information content (AvgIpc) is 3.29. The predicted molar refractivity (Wildman–Crippen MR) is 241 cm³/mol. The molecule has 0 unspecified atom stereocenters. The fraction of sp³-hybridized carbons (Fsp3) is 0.0385. The summed E-state index contributed by atoms with van der Waals surface area (Å²) < 4.78 is 0. The largest absolute Gasteiger partial charge is 0.254 e. The molecule has 1 aliphatic carbocycles. The number of aromatic nitrogens is 4. The van der Waals surface area contributed by atoms with Crippen LogP contribution in [0.15, 0.2) is 187 Å². The van der Waals surface area contributed by atoms with Crippen molar-refractivity contribution in [2.75, 3.05) is 0 Å². The van der Waals surface area contributed by atoms with E-state index in [0.717, 1.165) is 95.4 Å². The normalized spacial score (nSPS) is 13.0. The zero-order valence-corrected chi connectivity index (χ0v) is 31.7. The van der Waals surface area contributed by atoms with Crippen LogP contribution in [0.25, 0.3) is 77.6 Å². The molecule has 0 bridgehead atoms. The first kappa shape index (κ1) is 34.8. The number of fused-ring (bicyclic) bond motifs is 7. The second kappa shape index (κ2) is 14.8. The lowest BCUT2D eigenvalue weighted by molar-refractivity contribution is 0.985. The second-order valence-electron chi connectivity index (χ2n) is 14.4. The van der Waals surface area contributed by atoms with Gasteiger partial charge in [-0.15, -0.1) is 0 Å². The zero-order valence-electron chi connectivity index (χ0n) is 31.7. The summed E-state index contributed by atoms with van der Waals surface area (Å²) in [4.78, 5) is 29.0. The Hall–Kier alpha value is -7.70. The van der Waals surface area contributed by atoms with Crippen molar-refractivity contribution < 1.29 is 0 Å². The fourth-order valence-corrected chi connectivity index (χ4v) is 7.94. The van der Waals surface area contributed by atoms with Crippen LogP contribution < -0.4 is 0 Å². The van der Waals surface area contributed by atoms with Crippen LogP contribution >= 0.6 is 0 Å². The Morgan fingerprint density at radius 1 is 0.552 bits per heavy atom. The molecule has 4 heterocycles. The molecule has 0 atom stereocenters. The van der Waals surface area contributed by atoms with Gasteiger partial charge in [0.05, 0.1) is 33.5 Å². The Morgan fingerprint density at radius 2 is 1.12 bits per heavy atom. The lowest BCUT2D eigenvalue weighted by Crippen LogP contribution is -2.07. The van der Waals surface area contributed by atoms with Gasteiger partial charge in [-0.1, -0.05) is 122 Å². The van der Waals surface area contributed by atoms with E-state index in [4.69, 9.17) is 20.0 Å². The van der Waals surface area contributed by atoms with Crippen molar-refractivity contribution in [1.82, 2.24) is 19.9 Å². The second-order valence-corrected chi connectivity index (χ2v) is 14.4. The van der Waals surface area contributed by atoms with E-state index in [1.54, 1.807) is 6.08 Å². The number of hydrogen-bond acceptors (Lipinski definition) is 5. The first-order valence-electron chi connectivity index (χ1n) is 19.4. The van der Waals surface area contributed by atoms with Crippen molar-refractivity contribution in [3.63, 3.8) is 0 Å². The minimum Gasteiger partial charge on any atom is -0.254 e. The molecular formula is C52H36N6. The van der Waals surface area contributed by atoms with Crippen LogP contribution in [0.4, 0.5) is 0 Å². The maximum atomic E-state index is 5.20. The molecule has 274 valence electrons. The molecule has 0 spiro atoms. The molecule has 1 aliphatic rings. The first-order valence-corrected chi connectivity index (χ1v) is 19.4. The van der Waals surface area contributed by atoms with E-state index in [0.29, 0.717) is 17.2 Å². The van der Waals surface area contributed by atoms with Gasteiger partial charge < -0.3 is 0 Å². The number of aryl methyl sites for hydroxylation is 1. The third-order valence-electron chi connectivity index (χ3n) is 10.9. The number of amidine groups is 1. The molecule has 10 rings (SSSR count). The number of hydrogen-bond donors (Lipinski definition) is 0. The Labute approximate surface area is 336 Å². The monoisotopic (exact) mass is 744 g/mol. The molecular weight excluding hydrogens is 709 g/mol. The van der Waals surface area contributed by atoms with Crippen LogP contribution in [-0.2, 0) is 6.42 Å². The summed E-state index contributed by atoms with van der Waals surface area (Å²) in [5.41, 5.74) is 14.5. The quantitative estimate of drug-likeness (QED) is 0.0925. The van der Waals surface area contributed by atoms with Gasteiger partial charge in [0.15, 0.2) is 5.84 Å². The molecule has 0 saturated carbocycles. The summed E-state index contributed by atoms with van der Waals surface area (Å²) in [7, 11) is 0. The molecule has 0 fully saturated rings. The minimum atomic E-state index is 0.574. The molecule has 0 saturated heterocycles. The molecule has 0 aliphatic heterocycles. The molecule has 9 aromatic rings. The highest BCUT2D eigenvalue weighted by atomic mass is 14.9. The van der Waals surface area contributed by atoms with Crippen LogP contribution in [-0.4, -0.2) is 31.5 Å². The molecule has 6 nitrogen and oxygen atoms in total. The van der Waals surface area contributed by atoms with Crippen molar-refractivity contribution in [2.24, 2.45) is 9.98 Å². The van der Waals surface area contributed by atoms with Crippen molar-refractivity contribution >= 4 is 66.9 Å². The molecule has 0 N–H and O–H groups in total. The van der Waals surface area contributed by atoms with Crippen LogP contribution in [0.3, 0.4) is 0 Å². The Balaban J connectivity index is 1.00.